The average molecular weight is 291 g/mol. The van der Waals surface area contributed by atoms with Gasteiger partial charge in [0.25, 0.3) is 0 Å². The smallest absolute Gasteiger partial charge is 0.410 e. The molecule has 0 fully saturated rings. The number of imide groups is 1. The first-order valence-corrected chi connectivity index (χ1v) is 5.88. The third-order valence-corrected chi connectivity index (χ3v) is 2.48. The van der Waals surface area contributed by atoms with Crippen molar-refractivity contribution >= 4 is 35.3 Å². The molecule has 0 saturated carbocycles. The van der Waals surface area contributed by atoms with Crippen molar-refractivity contribution < 1.29 is 14.3 Å². The van der Waals surface area contributed by atoms with Gasteiger partial charge in [-0.2, -0.15) is 0 Å². The Bertz CT molecular complexity index is 464. The summed E-state index contributed by atoms with van der Waals surface area (Å²) in [7, 11) is 0. The zero-order chi connectivity index (χ0) is 13.7. The van der Waals surface area contributed by atoms with Crippen LogP contribution in [-0.4, -0.2) is 18.2 Å². The van der Waals surface area contributed by atoms with Crippen LogP contribution in [0.25, 0.3) is 0 Å². The molecule has 0 aliphatic carbocycles. The topological polar surface area (TPSA) is 67.4 Å². The minimum Gasteiger partial charge on any atom is -0.410 e. The van der Waals surface area contributed by atoms with Crippen LogP contribution < -0.4 is 15.4 Å². The summed E-state index contributed by atoms with van der Waals surface area (Å²) in [5.41, 5.74) is 0. The molecule has 0 atom stereocenters. The molecule has 0 aliphatic heterocycles. The molecule has 0 aliphatic rings. The van der Waals surface area contributed by atoms with E-state index in [4.69, 9.17) is 27.9 Å². The molecule has 0 saturated heterocycles. The monoisotopic (exact) mass is 290 g/mol. The van der Waals surface area contributed by atoms with Crippen LogP contribution in [0.5, 0.6) is 5.75 Å². The van der Waals surface area contributed by atoms with Crippen molar-refractivity contribution in [2.45, 2.75) is 19.9 Å². The van der Waals surface area contributed by atoms with E-state index in [2.05, 4.69) is 5.32 Å². The Labute approximate surface area is 114 Å². The molecule has 0 aromatic heterocycles. The highest BCUT2D eigenvalue weighted by molar-refractivity contribution is 6.42. The maximum atomic E-state index is 11.3. The molecule has 98 valence electrons. The highest BCUT2D eigenvalue weighted by Crippen LogP contribution is 2.26. The number of halogens is 2. The van der Waals surface area contributed by atoms with Gasteiger partial charge in [-0.05, 0) is 26.0 Å². The molecule has 0 bridgehead atoms. The van der Waals surface area contributed by atoms with Gasteiger partial charge in [0, 0.05) is 12.1 Å². The fourth-order valence-electron chi connectivity index (χ4n) is 1.06. The largest absolute Gasteiger partial charge is 0.420 e. The molecule has 1 aromatic carbocycles. The van der Waals surface area contributed by atoms with E-state index in [1.807, 2.05) is 5.32 Å². The average Bonchev–Trinajstić information content (AvgIpc) is 2.21. The number of hydrogen-bond acceptors (Lipinski definition) is 3. The number of rotatable bonds is 2. The zero-order valence-electron chi connectivity index (χ0n) is 9.79. The SMILES string of the molecule is CC(C)NC(=O)NC(=O)Oc1ccc(Cl)c(Cl)c1. The quantitative estimate of drug-likeness (QED) is 0.879. The van der Waals surface area contributed by atoms with Gasteiger partial charge in [-0.3, -0.25) is 0 Å². The predicted octanol–water partition coefficient (Wildman–Crippen LogP) is 3.20. The molecule has 7 heteroatoms. The van der Waals surface area contributed by atoms with Crippen LogP contribution in [0, 0.1) is 0 Å². The summed E-state index contributed by atoms with van der Waals surface area (Å²) in [6.07, 6.45) is -0.897. The van der Waals surface area contributed by atoms with Gasteiger partial charge in [0.15, 0.2) is 0 Å². The molecule has 3 amide bonds. The Hall–Kier alpha value is -1.46. The van der Waals surface area contributed by atoms with Crippen LogP contribution in [0.4, 0.5) is 9.59 Å². The molecule has 5 nitrogen and oxygen atoms in total. The van der Waals surface area contributed by atoms with Crippen molar-refractivity contribution in [2.24, 2.45) is 0 Å². The van der Waals surface area contributed by atoms with Crippen molar-refractivity contribution in [2.75, 3.05) is 0 Å². The van der Waals surface area contributed by atoms with Crippen molar-refractivity contribution in [3.05, 3.63) is 28.2 Å². The van der Waals surface area contributed by atoms with E-state index >= 15 is 0 Å². The van der Waals surface area contributed by atoms with E-state index < -0.39 is 12.1 Å². The lowest BCUT2D eigenvalue weighted by Crippen LogP contribution is -2.43. The number of carbonyl (C=O) groups is 2. The van der Waals surface area contributed by atoms with Gasteiger partial charge in [-0.1, -0.05) is 23.2 Å². The van der Waals surface area contributed by atoms with Gasteiger partial charge in [0.05, 0.1) is 10.0 Å². The van der Waals surface area contributed by atoms with Gasteiger partial charge >= 0.3 is 12.1 Å². The minimum atomic E-state index is -0.897. The second kappa shape index (κ2) is 6.47. The lowest BCUT2D eigenvalue weighted by atomic mass is 10.3. The molecule has 2 N–H and O–H groups in total. The summed E-state index contributed by atoms with van der Waals surface area (Å²) in [5.74, 6) is 0.194. The number of carbonyl (C=O) groups excluding carboxylic acids is 2. The predicted molar refractivity (Wildman–Crippen MR) is 69.3 cm³/mol. The lowest BCUT2D eigenvalue weighted by molar-refractivity contribution is 0.196. The Morgan fingerprint density at radius 3 is 2.44 bits per heavy atom. The van der Waals surface area contributed by atoms with Crippen LogP contribution >= 0.6 is 23.2 Å². The van der Waals surface area contributed by atoms with E-state index in [0.29, 0.717) is 5.02 Å². The fourth-order valence-corrected chi connectivity index (χ4v) is 1.35. The summed E-state index contributed by atoms with van der Waals surface area (Å²) >= 11 is 11.5. The molecule has 0 heterocycles. The Kier molecular flexibility index (Phi) is 5.25. The van der Waals surface area contributed by atoms with E-state index in [1.165, 1.54) is 18.2 Å². The number of amides is 3. The van der Waals surface area contributed by atoms with Crippen molar-refractivity contribution in [1.82, 2.24) is 10.6 Å². The van der Waals surface area contributed by atoms with E-state index in [9.17, 15) is 9.59 Å². The normalized spacial score (nSPS) is 10.1. The maximum absolute atomic E-state index is 11.3. The maximum Gasteiger partial charge on any atom is 0.420 e. The lowest BCUT2D eigenvalue weighted by Gasteiger charge is -2.09. The van der Waals surface area contributed by atoms with Crippen molar-refractivity contribution in [1.29, 1.82) is 0 Å². The summed E-state index contributed by atoms with van der Waals surface area (Å²) in [6, 6.07) is 3.62. The first-order chi connectivity index (χ1) is 8.38. The van der Waals surface area contributed by atoms with Crippen molar-refractivity contribution in [3.8, 4) is 5.75 Å². The van der Waals surface area contributed by atoms with Gasteiger partial charge in [0.1, 0.15) is 5.75 Å². The summed E-state index contributed by atoms with van der Waals surface area (Å²) in [6.45, 7) is 3.54. The zero-order valence-corrected chi connectivity index (χ0v) is 11.3. The summed E-state index contributed by atoms with van der Waals surface area (Å²) < 4.78 is 4.85. The Morgan fingerprint density at radius 2 is 1.89 bits per heavy atom. The highest BCUT2D eigenvalue weighted by atomic mass is 35.5. The van der Waals surface area contributed by atoms with Gasteiger partial charge in [0.2, 0.25) is 0 Å². The second-order valence-electron chi connectivity index (χ2n) is 3.72. The summed E-state index contributed by atoms with van der Waals surface area (Å²) in [5, 5.41) is 5.10. The second-order valence-corrected chi connectivity index (χ2v) is 4.53. The van der Waals surface area contributed by atoms with Gasteiger partial charge in [-0.25, -0.2) is 14.9 Å². The van der Waals surface area contributed by atoms with Crippen LogP contribution in [0.1, 0.15) is 13.8 Å². The number of benzene rings is 1. The number of nitrogens with one attached hydrogen (secondary N) is 2. The highest BCUT2D eigenvalue weighted by Gasteiger charge is 2.11. The fraction of sp³-hybridized carbons (Fsp3) is 0.273. The third-order valence-electron chi connectivity index (χ3n) is 1.74. The summed E-state index contributed by atoms with van der Waals surface area (Å²) in [4.78, 5) is 22.5. The number of urea groups is 1. The molecule has 0 spiro atoms. The molecule has 18 heavy (non-hydrogen) atoms. The minimum absolute atomic E-state index is 0.0808. The molecule has 0 radical (unpaired) electrons. The Balaban J connectivity index is 2.54. The first kappa shape index (κ1) is 14.6. The third kappa shape index (κ3) is 4.81. The van der Waals surface area contributed by atoms with Crippen LogP contribution in [0.15, 0.2) is 18.2 Å². The van der Waals surface area contributed by atoms with Crippen LogP contribution in [-0.2, 0) is 0 Å². The number of ether oxygens (including phenoxy) is 1. The number of hydrogen-bond donors (Lipinski definition) is 2. The molecular formula is C11H12Cl2N2O3. The standard InChI is InChI=1S/C11H12Cl2N2O3/c1-6(2)14-10(16)15-11(17)18-7-3-4-8(12)9(13)5-7/h3-6H,1-2H3,(H2,14,15,16,17). The van der Waals surface area contributed by atoms with E-state index in [-0.39, 0.29) is 16.8 Å². The van der Waals surface area contributed by atoms with Gasteiger partial charge < -0.3 is 10.1 Å². The molecule has 1 aromatic rings. The van der Waals surface area contributed by atoms with Gasteiger partial charge in [-0.15, -0.1) is 0 Å². The van der Waals surface area contributed by atoms with E-state index in [0.717, 1.165) is 0 Å². The van der Waals surface area contributed by atoms with E-state index in [1.54, 1.807) is 13.8 Å². The van der Waals surface area contributed by atoms with Crippen molar-refractivity contribution in [3.63, 3.8) is 0 Å². The van der Waals surface area contributed by atoms with Crippen LogP contribution in [0.2, 0.25) is 10.0 Å². The molecule has 0 unspecified atom stereocenters. The Morgan fingerprint density at radius 1 is 1.22 bits per heavy atom. The molecular weight excluding hydrogens is 279 g/mol. The molecule has 1 rings (SSSR count). The first-order valence-electron chi connectivity index (χ1n) is 5.13. The van der Waals surface area contributed by atoms with Crippen LogP contribution in [0.3, 0.4) is 0 Å².